The SMILES string of the molecule is CCc1cccc2c(/C=C(/C(=O)NCc3ccc4c(c3)OCO4)c3nc4ccccc4[nH]3)c[nH]c12. The second-order valence-electron chi connectivity index (χ2n) is 8.47. The summed E-state index contributed by atoms with van der Waals surface area (Å²) in [5.74, 6) is 1.71. The minimum absolute atomic E-state index is 0.217. The number of nitrogens with zero attached hydrogens (tertiary/aromatic N) is 1. The number of carbonyl (C=O) groups is 1. The maximum absolute atomic E-state index is 13.5. The zero-order chi connectivity index (χ0) is 23.8. The predicted molar refractivity (Wildman–Crippen MR) is 136 cm³/mol. The third-order valence-corrected chi connectivity index (χ3v) is 6.29. The van der Waals surface area contributed by atoms with E-state index in [1.54, 1.807) is 0 Å². The third kappa shape index (κ3) is 3.91. The van der Waals surface area contributed by atoms with Gasteiger partial charge in [0.2, 0.25) is 6.79 Å². The number of hydrogen-bond acceptors (Lipinski definition) is 4. The van der Waals surface area contributed by atoms with Gasteiger partial charge in [0.1, 0.15) is 5.82 Å². The van der Waals surface area contributed by atoms with Crippen LogP contribution in [0.4, 0.5) is 0 Å². The summed E-state index contributed by atoms with van der Waals surface area (Å²) in [5, 5.41) is 4.11. The van der Waals surface area contributed by atoms with Crippen molar-refractivity contribution in [3.8, 4) is 11.5 Å². The minimum atomic E-state index is -0.220. The van der Waals surface area contributed by atoms with Gasteiger partial charge >= 0.3 is 0 Å². The number of imidazole rings is 1. The number of ether oxygens (including phenoxy) is 2. The Labute approximate surface area is 201 Å². The molecular formula is C28H24N4O3. The van der Waals surface area contributed by atoms with Crippen LogP contribution in [0.1, 0.15) is 29.4 Å². The first kappa shape index (κ1) is 21.0. The molecular weight excluding hydrogens is 440 g/mol. The fourth-order valence-corrected chi connectivity index (χ4v) is 4.46. The maximum atomic E-state index is 13.5. The van der Waals surface area contributed by atoms with Crippen LogP contribution in [0.3, 0.4) is 0 Å². The first-order valence-electron chi connectivity index (χ1n) is 11.6. The molecule has 7 heteroatoms. The maximum Gasteiger partial charge on any atom is 0.255 e. The van der Waals surface area contributed by atoms with Gasteiger partial charge in [0.15, 0.2) is 11.5 Å². The molecule has 0 fully saturated rings. The molecule has 6 rings (SSSR count). The predicted octanol–water partition coefficient (Wildman–Crippen LogP) is 5.19. The van der Waals surface area contributed by atoms with Gasteiger partial charge in [-0.2, -0.15) is 0 Å². The molecule has 3 aromatic carbocycles. The molecule has 0 radical (unpaired) electrons. The summed E-state index contributed by atoms with van der Waals surface area (Å²) >= 11 is 0. The number of nitrogens with one attached hydrogen (secondary N) is 3. The number of carbonyl (C=O) groups excluding carboxylic acids is 1. The van der Waals surface area contributed by atoms with Crippen molar-refractivity contribution < 1.29 is 14.3 Å². The van der Waals surface area contributed by atoms with E-state index in [0.717, 1.165) is 39.5 Å². The first-order valence-corrected chi connectivity index (χ1v) is 11.6. The Kier molecular flexibility index (Phi) is 5.22. The average Bonchev–Trinajstić information content (AvgIpc) is 3.63. The summed E-state index contributed by atoms with van der Waals surface area (Å²) in [6.45, 7) is 2.70. The molecule has 3 heterocycles. The van der Waals surface area contributed by atoms with E-state index in [0.29, 0.717) is 29.4 Å². The number of aryl methyl sites for hydroxylation is 1. The van der Waals surface area contributed by atoms with E-state index in [4.69, 9.17) is 14.5 Å². The highest BCUT2D eigenvalue weighted by Gasteiger charge is 2.19. The Hall–Kier alpha value is -4.52. The van der Waals surface area contributed by atoms with Gasteiger partial charge in [0, 0.05) is 29.2 Å². The average molecular weight is 465 g/mol. The highest BCUT2D eigenvalue weighted by molar-refractivity contribution is 6.24. The summed E-state index contributed by atoms with van der Waals surface area (Å²) in [5.41, 5.74) is 6.33. The van der Waals surface area contributed by atoms with E-state index in [1.165, 1.54) is 5.56 Å². The van der Waals surface area contributed by atoms with Crippen LogP contribution in [-0.4, -0.2) is 27.7 Å². The van der Waals surface area contributed by atoms with Gasteiger partial charge in [-0.15, -0.1) is 0 Å². The topological polar surface area (TPSA) is 92.0 Å². The van der Waals surface area contributed by atoms with Crippen molar-refractivity contribution in [1.29, 1.82) is 0 Å². The van der Waals surface area contributed by atoms with Gasteiger partial charge in [-0.1, -0.05) is 43.3 Å². The molecule has 35 heavy (non-hydrogen) atoms. The lowest BCUT2D eigenvalue weighted by Gasteiger charge is -2.08. The smallest absolute Gasteiger partial charge is 0.255 e. The van der Waals surface area contributed by atoms with Crippen LogP contribution in [0.2, 0.25) is 0 Å². The zero-order valence-electron chi connectivity index (χ0n) is 19.2. The summed E-state index contributed by atoms with van der Waals surface area (Å²) < 4.78 is 10.8. The van der Waals surface area contributed by atoms with Crippen molar-refractivity contribution in [3.05, 3.63) is 89.4 Å². The molecule has 5 aromatic rings. The molecule has 0 bridgehead atoms. The number of H-pyrrole nitrogens is 2. The van der Waals surface area contributed by atoms with Gasteiger partial charge in [-0.25, -0.2) is 4.98 Å². The Balaban J connectivity index is 1.37. The van der Waals surface area contributed by atoms with E-state index in [1.807, 2.05) is 60.8 Å². The molecule has 0 aliphatic carbocycles. The zero-order valence-corrected chi connectivity index (χ0v) is 19.2. The lowest BCUT2D eigenvalue weighted by atomic mass is 10.0. The Morgan fingerprint density at radius 1 is 1.09 bits per heavy atom. The molecule has 0 unspecified atom stereocenters. The molecule has 0 spiro atoms. The van der Waals surface area contributed by atoms with Crippen molar-refractivity contribution in [3.63, 3.8) is 0 Å². The number of fused-ring (bicyclic) bond motifs is 3. The van der Waals surface area contributed by atoms with Gasteiger partial charge in [-0.05, 0) is 47.9 Å². The van der Waals surface area contributed by atoms with Crippen molar-refractivity contribution in [1.82, 2.24) is 20.3 Å². The van der Waals surface area contributed by atoms with E-state index in [2.05, 4.69) is 34.3 Å². The molecule has 1 amide bonds. The number of rotatable bonds is 6. The van der Waals surface area contributed by atoms with E-state index in [-0.39, 0.29) is 12.7 Å². The monoisotopic (exact) mass is 464 g/mol. The Morgan fingerprint density at radius 2 is 1.97 bits per heavy atom. The van der Waals surface area contributed by atoms with Crippen molar-refractivity contribution in [2.24, 2.45) is 0 Å². The Morgan fingerprint density at radius 3 is 2.86 bits per heavy atom. The molecule has 0 saturated carbocycles. The molecule has 0 atom stereocenters. The van der Waals surface area contributed by atoms with Crippen molar-refractivity contribution >= 4 is 39.5 Å². The highest BCUT2D eigenvalue weighted by atomic mass is 16.7. The summed E-state index contributed by atoms with van der Waals surface area (Å²) in [6.07, 6.45) is 4.76. The molecule has 174 valence electrons. The number of amides is 1. The molecule has 3 N–H and O–H groups in total. The van der Waals surface area contributed by atoms with E-state index >= 15 is 0 Å². The van der Waals surface area contributed by atoms with Gasteiger partial charge < -0.3 is 24.8 Å². The minimum Gasteiger partial charge on any atom is -0.454 e. The fraction of sp³-hybridized carbons (Fsp3) is 0.143. The second-order valence-corrected chi connectivity index (χ2v) is 8.47. The number of hydrogen-bond donors (Lipinski definition) is 3. The number of aromatic nitrogens is 3. The van der Waals surface area contributed by atoms with Crippen LogP contribution >= 0.6 is 0 Å². The first-order chi connectivity index (χ1) is 17.2. The van der Waals surface area contributed by atoms with Crippen LogP contribution in [0.5, 0.6) is 11.5 Å². The Bertz CT molecular complexity index is 1560. The third-order valence-electron chi connectivity index (χ3n) is 6.29. The van der Waals surface area contributed by atoms with Crippen LogP contribution in [0, 0.1) is 0 Å². The van der Waals surface area contributed by atoms with Crippen molar-refractivity contribution in [2.45, 2.75) is 19.9 Å². The standard InChI is InChI=1S/C28H24N4O3/c1-2-18-6-5-7-20-19(15-29-26(18)20)13-21(27-31-22-8-3-4-9-23(22)32-27)28(33)30-14-17-10-11-24-25(12-17)35-16-34-24/h3-13,15,29H,2,14,16H2,1H3,(H,30,33)(H,31,32)/b21-13+. The lowest BCUT2D eigenvalue weighted by molar-refractivity contribution is -0.115. The van der Waals surface area contributed by atoms with E-state index in [9.17, 15) is 4.79 Å². The van der Waals surface area contributed by atoms with Gasteiger partial charge in [0.05, 0.1) is 16.6 Å². The fourth-order valence-electron chi connectivity index (χ4n) is 4.46. The summed E-state index contributed by atoms with van der Waals surface area (Å²) in [6, 6.07) is 19.7. The summed E-state index contributed by atoms with van der Waals surface area (Å²) in [4.78, 5) is 24.9. The van der Waals surface area contributed by atoms with Crippen LogP contribution < -0.4 is 14.8 Å². The number of para-hydroxylation sites is 3. The molecule has 1 aliphatic heterocycles. The number of aromatic amines is 2. The van der Waals surface area contributed by atoms with Crippen molar-refractivity contribution in [2.75, 3.05) is 6.79 Å². The largest absolute Gasteiger partial charge is 0.454 e. The molecule has 0 saturated heterocycles. The summed E-state index contributed by atoms with van der Waals surface area (Å²) in [7, 11) is 0. The quantitative estimate of drug-likeness (QED) is 0.302. The second kappa shape index (κ2) is 8.68. The lowest BCUT2D eigenvalue weighted by Crippen LogP contribution is -2.24. The number of benzene rings is 3. The van der Waals surface area contributed by atoms with Crippen LogP contribution in [-0.2, 0) is 17.8 Å². The molecule has 2 aromatic heterocycles. The van der Waals surface area contributed by atoms with E-state index < -0.39 is 0 Å². The van der Waals surface area contributed by atoms with Crippen LogP contribution in [0.25, 0.3) is 33.6 Å². The van der Waals surface area contributed by atoms with Gasteiger partial charge in [-0.3, -0.25) is 4.79 Å². The van der Waals surface area contributed by atoms with Gasteiger partial charge in [0.25, 0.3) is 5.91 Å². The molecule has 1 aliphatic rings. The van der Waals surface area contributed by atoms with Crippen LogP contribution in [0.15, 0.2) is 66.9 Å². The molecule has 7 nitrogen and oxygen atoms in total. The highest BCUT2D eigenvalue weighted by Crippen LogP contribution is 2.32. The normalized spacial score (nSPS) is 13.0.